The molecule has 80 valence electrons. The molecule has 0 saturated heterocycles. The first-order valence-electron chi connectivity index (χ1n) is 4.46. The van der Waals surface area contributed by atoms with Gasteiger partial charge in [0.15, 0.2) is 0 Å². The lowest BCUT2D eigenvalue weighted by Crippen LogP contribution is -2.23. The Morgan fingerprint density at radius 2 is 2.08 bits per heavy atom. The molecule has 2 N–H and O–H groups in total. The third-order valence-corrected chi connectivity index (χ3v) is 3.73. The molecule has 0 bridgehead atoms. The summed E-state index contributed by atoms with van der Waals surface area (Å²) in [6.07, 6.45) is 2.75. The highest BCUT2D eigenvalue weighted by Crippen LogP contribution is 2.05. The smallest absolute Gasteiger partial charge is 0.147 e. The number of hydrogen-bond acceptors (Lipinski definition) is 4. The maximum Gasteiger partial charge on any atom is 0.147 e. The first kappa shape index (κ1) is 13.3. The first-order valence-corrected chi connectivity index (χ1v) is 7.68. The van der Waals surface area contributed by atoms with Crippen molar-refractivity contribution in [3.63, 3.8) is 0 Å². The van der Waals surface area contributed by atoms with Gasteiger partial charge in [-0.3, -0.25) is 0 Å². The predicted molar refractivity (Wildman–Crippen MR) is 59.9 cm³/mol. The minimum absolute atomic E-state index is 0.145. The summed E-state index contributed by atoms with van der Waals surface area (Å²) in [6, 6.07) is 0.145. The highest BCUT2D eigenvalue weighted by Gasteiger charge is 2.05. The van der Waals surface area contributed by atoms with E-state index in [4.69, 9.17) is 5.73 Å². The Hall–Kier alpha value is 0.260. The average Bonchev–Trinajstić information content (AvgIpc) is 1.98. The van der Waals surface area contributed by atoms with Crippen molar-refractivity contribution in [2.75, 3.05) is 23.5 Å². The summed E-state index contributed by atoms with van der Waals surface area (Å²) in [7, 11) is -2.80. The predicted octanol–water partition coefficient (Wildman–Crippen LogP) is 0.892. The van der Waals surface area contributed by atoms with Crippen LogP contribution in [-0.4, -0.2) is 38.0 Å². The van der Waals surface area contributed by atoms with Crippen LogP contribution in [0.5, 0.6) is 0 Å². The highest BCUT2D eigenvalue weighted by atomic mass is 32.2. The van der Waals surface area contributed by atoms with E-state index in [1.165, 1.54) is 6.26 Å². The van der Waals surface area contributed by atoms with Crippen molar-refractivity contribution in [3.05, 3.63) is 0 Å². The molecule has 0 aliphatic rings. The molecule has 0 aromatic carbocycles. The van der Waals surface area contributed by atoms with E-state index in [2.05, 4.69) is 6.92 Å². The monoisotopic (exact) mass is 225 g/mol. The van der Waals surface area contributed by atoms with Gasteiger partial charge >= 0.3 is 0 Å². The fourth-order valence-electron chi connectivity index (χ4n) is 0.960. The summed E-state index contributed by atoms with van der Waals surface area (Å²) < 4.78 is 21.6. The van der Waals surface area contributed by atoms with E-state index >= 15 is 0 Å². The molecule has 1 atom stereocenters. The Morgan fingerprint density at radius 3 is 2.54 bits per heavy atom. The van der Waals surface area contributed by atoms with E-state index in [1.54, 1.807) is 11.8 Å². The lowest BCUT2D eigenvalue weighted by molar-refractivity contribution is 0.591. The van der Waals surface area contributed by atoms with Gasteiger partial charge in [-0.2, -0.15) is 11.8 Å². The molecule has 3 nitrogen and oxygen atoms in total. The Kier molecular flexibility index (Phi) is 6.81. The molecule has 0 aromatic heterocycles. The van der Waals surface area contributed by atoms with Crippen molar-refractivity contribution in [3.8, 4) is 0 Å². The van der Waals surface area contributed by atoms with Crippen LogP contribution in [0.1, 0.15) is 19.8 Å². The van der Waals surface area contributed by atoms with Gasteiger partial charge in [-0.1, -0.05) is 6.92 Å². The molecular formula is C8H19NO2S2. The molecule has 5 heteroatoms. The van der Waals surface area contributed by atoms with Gasteiger partial charge in [0.05, 0.1) is 0 Å². The van der Waals surface area contributed by atoms with Crippen molar-refractivity contribution in [2.45, 2.75) is 25.8 Å². The van der Waals surface area contributed by atoms with Crippen molar-refractivity contribution in [1.82, 2.24) is 0 Å². The van der Waals surface area contributed by atoms with E-state index in [1.807, 2.05) is 0 Å². The number of thioether (sulfide) groups is 1. The van der Waals surface area contributed by atoms with Gasteiger partial charge in [0.2, 0.25) is 0 Å². The molecule has 0 fully saturated rings. The molecule has 1 unspecified atom stereocenters. The minimum atomic E-state index is -2.80. The quantitative estimate of drug-likeness (QED) is 0.699. The Balaban J connectivity index is 3.42. The topological polar surface area (TPSA) is 60.2 Å². The molecule has 0 aliphatic carbocycles. The van der Waals surface area contributed by atoms with Crippen molar-refractivity contribution in [1.29, 1.82) is 0 Å². The summed E-state index contributed by atoms with van der Waals surface area (Å²) in [4.78, 5) is 0. The molecule has 0 radical (unpaired) electrons. The molecule has 0 aliphatic heterocycles. The van der Waals surface area contributed by atoms with Crippen LogP contribution in [0, 0.1) is 0 Å². The standard InChI is InChI=1S/C8H19NO2S2/c1-3-12-7-8(9)5-4-6-13(2,10)11/h8H,3-7,9H2,1-2H3. The fourth-order valence-corrected chi connectivity index (χ4v) is 2.36. The number of sulfone groups is 1. The second-order valence-electron chi connectivity index (χ2n) is 3.19. The zero-order valence-electron chi connectivity index (χ0n) is 8.32. The maximum absolute atomic E-state index is 10.8. The Labute approximate surface area is 85.4 Å². The molecule has 0 aromatic rings. The van der Waals surface area contributed by atoms with Crippen LogP contribution in [0.3, 0.4) is 0 Å². The van der Waals surface area contributed by atoms with Gasteiger partial charge in [-0.15, -0.1) is 0 Å². The first-order chi connectivity index (χ1) is 5.95. The zero-order chi connectivity index (χ0) is 10.3. The summed E-state index contributed by atoms with van der Waals surface area (Å²) in [5.41, 5.74) is 5.77. The fraction of sp³-hybridized carbons (Fsp3) is 1.00. The summed E-state index contributed by atoms with van der Waals surface area (Å²) in [5.74, 6) is 2.26. The summed E-state index contributed by atoms with van der Waals surface area (Å²) in [6.45, 7) is 2.09. The Bertz CT molecular complexity index is 214. The lowest BCUT2D eigenvalue weighted by Gasteiger charge is -2.09. The zero-order valence-corrected chi connectivity index (χ0v) is 9.96. The van der Waals surface area contributed by atoms with E-state index in [-0.39, 0.29) is 11.8 Å². The van der Waals surface area contributed by atoms with E-state index < -0.39 is 9.84 Å². The van der Waals surface area contributed by atoms with E-state index in [0.717, 1.165) is 17.9 Å². The van der Waals surface area contributed by atoms with Crippen LogP contribution in [-0.2, 0) is 9.84 Å². The van der Waals surface area contributed by atoms with Crippen molar-refractivity contribution in [2.24, 2.45) is 5.73 Å². The average molecular weight is 225 g/mol. The van der Waals surface area contributed by atoms with Gasteiger partial charge < -0.3 is 5.73 Å². The van der Waals surface area contributed by atoms with Crippen LogP contribution in [0.2, 0.25) is 0 Å². The molecule has 0 heterocycles. The molecule has 13 heavy (non-hydrogen) atoms. The van der Waals surface area contributed by atoms with Crippen LogP contribution in [0.15, 0.2) is 0 Å². The largest absolute Gasteiger partial charge is 0.327 e. The number of hydrogen-bond donors (Lipinski definition) is 1. The minimum Gasteiger partial charge on any atom is -0.327 e. The molecule has 0 amide bonds. The van der Waals surface area contributed by atoms with Gasteiger partial charge in [-0.25, -0.2) is 8.42 Å². The van der Waals surface area contributed by atoms with Gasteiger partial charge in [0, 0.05) is 23.8 Å². The normalized spacial score (nSPS) is 14.4. The molecule has 0 rings (SSSR count). The van der Waals surface area contributed by atoms with Gasteiger partial charge in [0.25, 0.3) is 0 Å². The number of nitrogens with two attached hydrogens (primary N) is 1. The Morgan fingerprint density at radius 1 is 1.46 bits per heavy atom. The van der Waals surface area contributed by atoms with Gasteiger partial charge in [0.1, 0.15) is 9.84 Å². The van der Waals surface area contributed by atoms with Crippen molar-refractivity contribution >= 4 is 21.6 Å². The van der Waals surface area contributed by atoms with Crippen LogP contribution in [0.4, 0.5) is 0 Å². The van der Waals surface area contributed by atoms with Crippen molar-refractivity contribution < 1.29 is 8.42 Å². The maximum atomic E-state index is 10.8. The highest BCUT2D eigenvalue weighted by molar-refractivity contribution is 7.99. The van der Waals surface area contributed by atoms with E-state index in [9.17, 15) is 8.42 Å². The third kappa shape index (κ3) is 10.2. The second-order valence-corrected chi connectivity index (χ2v) is 6.77. The van der Waals surface area contributed by atoms with Gasteiger partial charge in [-0.05, 0) is 18.6 Å². The summed E-state index contributed by atoms with van der Waals surface area (Å²) >= 11 is 1.80. The van der Waals surface area contributed by atoms with Crippen LogP contribution in [0.25, 0.3) is 0 Å². The SMILES string of the molecule is CCSCC(N)CCCS(C)(=O)=O. The van der Waals surface area contributed by atoms with E-state index in [0.29, 0.717) is 6.42 Å². The molecule has 0 saturated carbocycles. The lowest BCUT2D eigenvalue weighted by atomic mass is 10.2. The van der Waals surface area contributed by atoms with Crippen LogP contribution < -0.4 is 5.73 Å². The molecule has 0 spiro atoms. The molecular weight excluding hydrogens is 206 g/mol. The van der Waals surface area contributed by atoms with Crippen LogP contribution >= 0.6 is 11.8 Å². The second kappa shape index (κ2) is 6.68. The third-order valence-electron chi connectivity index (χ3n) is 1.63. The summed E-state index contributed by atoms with van der Waals surface area (Å²) in [5, 5.41) is 0. The number of rotatable bonds is 7.